The number of nitrogens with zero attached hydrogens (tertiary/aromatic N) is 1. The maximum Gasteiger partial charge on any atom is 0.136 e. The van der Waals surface area contributed by atoms with Gasteiger partial charge in [-0.05, 0) is 44.2 Å². The molecular weight excluding hydrogens is 285 g/mol. The fourth-order valence-electron chi connectivity index (χ4n) is 2.01. The van der Waals surface area contributed by atoms with E-state index in [0.717, 1.165) is 22.1 Å². The van der Waals surface area contributed by atoms with Gasteiger partial charge in [0, 0.05) is 29.6 Å². The van der Waals surface area contributed by atoms with Gasteiger partial charge in [0.25, 0.3) is 0 Å². The lowest BCUT2D eigenvalue weighted by Crippen LogP contribution is -2.19. The first-order chi connectivity index (χ1) is 9.88. The molecule has 0 radical (unpaired) electrons. The lowest BCUT2D eigenvalue weighted by molar-refractivity contribution is 0.543. The van der Waals surface area contributed by atoms with E-state index in [1.807, 2.05) is 33.0 Å². The van der Waals surface area contributed by atoms with Gasteiger partial charge in [-0.25, -0.2) is 4.39 Å². The second kappa shape index (κ2) is 6.22. The van der Waals surface area contributed by atoms with E-state index in [-0.39, 0.29) is 5.82 Å². The molecule has 0 spiro atoms. The van der Waals surface area contributed by atoms with E-state index in [0.29, 0.717) is 11.2 Å². The van der Waals surface area contributed by atoms with Crippen molar-refractivity contribution in [2.45, 2.75) is 13.8 Å². The predicted octanol–water partition coefficient (Wildman–Crippen LogP) is 3.35. The van der Waals surface area contributed by atoms with Crippen LogP contribution in [0.15, 0.2) is 46.0 Å². The van der Waals surface area contributed by atoms with E-state index in [9.17, 15) is 4.39 Å². The van der Waals surface area contributed by atoms with Crippen molar-refractivity contribution >= 4 is 25.5 Å². The van der Waals surface area contributed by atoms with Crippen molar-refractivity contribution < 1.29 is 8.81 Å². The fraction of sp³-hybridized carbons (Fsp3) is 0.176. The van der Waals surface area contributed by atoms with Crippen LogP contribution in [-0.2, 0) is 0 Å². The van der Waals surface area contributed by atoms with Crippen molar-refractivity contribution in [2.75, 3.05) is 7.05 Å². The van der Waals surface area contributed by atoms with Crippen molar-refractivity contribution in [1.82, 2.24) is 4.31 Å². The SMILES string of the molecule is C=c1cc(-c2ccc(F)cc2)o/c1=C/C(=C(C)C)N(C)S. The highest BCUT2D eigenvalue weighted by Crippen LogP contribution is 2.17. The Labute approximate surface area is 129 Å². The second-order valence-corrected chi connectivity index (χ2v) is 5.66. The predicted molar refractivity (Wildman–Crippen MR) is 88.5 cm³/mol. The van der Waals surface area contributed by atoms with Gasteiger partial charge in [0.15, 0.2) is 0 Å². The van der Waals surface area contributed by atoms with Crippen LogP contribution < -0.4 is 10.6 Å². The van der Waals surface area contributed by atoms with Crippen LogP contribution in [0, 0.1) is 5.82 Å². The molecule has 1 aromatic heterocycles. The Balaban J connectivity index is 2.52. The van der Waals surface area contributed by atoms with Crippen LogP contribution in [0.5, 0.6) is 0 Å². The average molecular weight is 303 g/mol. The summed E-state index contributed by atoms with van der Waals surface area (Å²) in [5, 5.41) is 0.781. The zero-order valence-corrected chi connectivity index (χ0v) is 13.2. The highest BCUT2D eigenvalue weighted by molar-refractivity contribution is 7.77. The lowest BCUT2D eigenvalue weighted by Gasteiger charge is -2.13. The van der Waals surface area contributed by atoms with Crippen molar-refractivity contribution in [1.29, 1.82) is 0 Å². The van der Waals surface area contributed by atoms with E-state index < -0.39 is 0 Å². The van der Waals surface area contributed by atoms with Crippen LogP contribution in [0.25, 0.3) is 24.0 Å². The molecule has 2 rings (SSSR count). The highest BCUT2D eigenvalue weighted by atomic mass is 32.1. The van der Waals surface area contributed by atoms with Crippen LogP contribution in [0.1, 0.15) is 13.8 Å². The van der Waals surface area contributed by atoms with Crippen LogP contribution in [-0.4, -0.2) is 11.4 Å². The van der Waals surface area contributed by atoms with E-state index in [2.05, 4.69) is 19.4 Å². The van der Waals surface area contributed by atoms with Crippen LogP contribution >= 0.6 is 12.8 Å². The maximum atomic E-state index is 13.0. The topological polar surface area (TPSA) is 16.4 Å². The monoisotopic (exact) mass is 303 g/mol. The maximum absolute atomic E-state index is 13.0. The van der Waals surface area contributed by atoms with Crippen molar-refractivity contribution in [3.05, 3.63) is 58.1 Å². The molecule has 0 atom stereocenters. The van der Waals surface area contributed by atoms with Gasteiger partial charge < -0.3 is 8.72 Å². The van der Waals surface area contributed by atoms with Gasteiger partial charge in [-0.3, -0.25) is 0 Å². The van der Waals surface area contributed by atoms with Gasteiger partial charge in [0.05, 0.1) is 0 Å². The molecule has 1 heterocycles. The molecule has 2 nitrogen and oxygen atoms in total. The molecule has 0 saturated carbocycles. The summed E-state index contributed by atoms with van der Waals surface area (Å²) in [5.74, 6) is 0.400. The third kappa shape index (κ3) is 3.58. The summed E-state index contributed by atoms with van der Waals surface area (Å²) in [6, 6.07) is 8.04. The molecule has 0 bridgehead atoms. The molecule has 2 aromatic rings. The Morgan fingerprint density at radius 2 is 1.90 bits per heavy atom. The normalized spacial score (nSPS) is 11.6. The Morgan fingerprint density at radius 3 is 2.43 bits per heavy atom. The zero-order valence-electron chi connectivity index (χ0n) is 12.4. The molecule has 0 aliphatic heterocycles. The van der Waals surface area contributed by atoms with Gasteiger partial charge in [-0.1, -0.05) is 25.0 Å². The summed E-state index contributed by atoms with van der Waals surface area (Å²) in [5.41, 5.74) is 3.56. The minimum atomic E-state index is -0.268. The first-order valence-electron chi connectivity index (χ1n) is 6.55. The van der Waals surface area contributed by atoms with Gasteiger partial charge in [0.2, 0.25) is 0 Å². The number of rotatable bonds is 3. The standard InChI is InChI=1S/C17H18FNOS/c1-11(2)15(19(4)21)10-16-12(3)9-17(20-16)13-5-7-14(18)8-6-13/h5-10,21H,3H2,1-2,4H3/b16-10+. The minimum absolute atomic E-state index is 0.268. The summed E-state index contributed by atoms with van der Waals surface area (Å²) in [6.45, 7) is 8.00. The van der Waals surface area contributed by atoms with Gasteiger partial charge in [0.1, 0.15) is 17.0 Å². The zero-order chi connectivity index (χ0) is 15.6. The summed E-state index contributed by atoms with van der Waals surface area (Å²) in [4.78, 5) is 0. The van der Waals surface area contributed by atoms with E-state index in [1.54, 1.807) is 16.4 Å². The molecule has 0 N–H and O–H groups in total. The highest BCUT2D eigenvalue weighted by Gasteiger charge is 2.05. The molecule has 1 aromatic carbocycles. The van der Waals surface area contributed by atoms with Crippen molar-refractivity contribution in [2.24, 2.45) is 0 Å². The number of hydrogen-bond donors (Lipinski definition) is 1. The molecule has 21 heavy (non-hydrogen) atoms. The molecule has 0 amide bonds. The van der Waals surface area contributed by atoms with Gasteiger partial charge >= 0.3 is 0 Å². The first kappa shape index (κ1) is 15.4. The van der Waals surface area contributed by atoms with Gasteiger partial charge in [-0.15, -0.1) is 0 Å². The fourth-order valence-corrected chi connectivity index (χ4v) is 2.26. The number of allylic oxidation sites excluding steroid dienone is 2. The first-order valence-corrected chi connectivity index (χ1v) is 6.95. The summed E-state index contributed by atoms with van der Waals surface area (Å²) < 4.78 is 20.5. The van der Waals surface area contributed by atoms with Crippen LogP contribution in [0.2, 0.25) is 0 Å². The number of benzene rings is 1. The Bertz CT molecular complexity index is 768. The molecule has 0 fully saturated rings. The van der Waals surface area contributed by atoms with Crippen molar-refractivity contribution in [3.63, 3.8) is 0 Å². The molecule has 0 unspecified atom stereocenters. The number of thiol groups is 1. The van der Waals surface area contributed by atoms with Crippen molar-refractivity contribution in [3.8, 4) is 11.3 Å². The average Bonchev–Trinajstić information content (AvgIpc) is 2.77. The summed E-state index contributed by atoms with van der Waals surface area (Å²) >= 11 is 4.33. The smallest absolute Gasteiger partial charge is 0.136 e. The largest absolute Gasteiger partial charge is 0.456 e. The number of furan rings is 1. The van der Waals surface area contributed by atoms with E-state index >= 15 is 0 Å². The van der Waals surface area contributed by atoms with Gasteiger partial charge in [-0.2, -0.15) is 0 Å². The van der Waals surface area contributed by atoms with Crippen LogP contribution in [0.3, 0.4) is 0 Å². The second-order valence-electron chi connectivity index (χ2n) is 5.06. The Hall–Kier alpha value is -1.94. The molecule has 0 saturated heterocycles. The third-order valence-corrected chi connectivity index (χ3v) is 3.31. The van der Waals surface area contributed by atoms with E-state index in [1.165, 1.54) is 12.1 Å². The lowest BCUT2D eigenvalue weighted by atomic mass is 10.2. The quantitative estimate of drug-likeness (QED) is 0.876. The number of hydrogen-bond acceptors (Lipinski definition) is 3. The Kier molecular flexibility index (Phi) is 4.58. The molecule has 4 heteroatoms. The Morgan fingerprint density at radius 1 is 1.29 bits per heavy atom. The third-order valence-electron chi connectivity index (χ3n) is 3.10. The summed E-state index contributed by atoms with van der Waals surface area (Å²) in [6.07, 6.45) is 1.90. The minimum Gasteiger partial charge on any atom is -0.456 e. The number of halogens is 1. The molecular formula is C17H18FNOS. The molecule has 110 valence electrons. The van der Waals surface area contributed by atoms with E-state index in [4.69, 9.17) is 4.42 Å². The van der Waals surface area contributed by atoms with Crippen LogP contribution in [0.4, 0.5) is 4.39 Å². The molecule has 0 aliphatic rings. The summed E-state index contributed by atoms with van der Waals surface area (Å²) in [7, 11) is 1.86. The molecule has 0 aliphatic carbocycles.